The van der Waals surface area contributed by atoms with Crippen LogP contribution < -0.4 is 15.7 Å². The normalized spacial score (nSPS) is 13.7. The number of fused-ring (bicyclic) bond motifs is 17. The summed E-state index contributed by atoms with van der Waals surface area (Å²) in [6, 6.07) is 54.6. The third-order valence-electron chi connectivity index (χ3n) is 14.1. The molecule has 0 unspecified atom stereocenters. The number of furan rings is 1. The SMILES string of the molecule is CC(C)(C)c1ccc(N2B3c4cc5nc(-c6ccccc6)sc5cc4-n4c5ccc(C(C)(C)C)cc5c5c6oc7ccccc7c6c(c3c54)-c3cc4sc5ccccc5c4cc32)cc1. The van der Waals surface area contributed by atoms with Crippen LogP contribution in [0.5, 0.6) is 0 Å². The molecule has 14 rings (SSSR count). The Morgan fingerprint density at radius 2 is 1.31 bits per heavy atom. The average Bonchev–Trinajstić information content (AvgIpc) is 4.07. The van der Waals surface area contributed by atoms with Crippen molar-refractivity contribution in [2.75, 3.05) is 4.81 Å². The minimum atomic E-state index is -0.175. The summed E-state index contributed by atoms with van der Waals surface area (Å²) >= 11 is 3.66. The fourth-order valence-electron chi connectivity index (χ4n) is 11.0. The third-order valence-corrected chi connectivity index (χ3v) is 16.3. The lowest BCUT2D eigenvalue weighted by Crippen LogP contribution is -2.60. The van der Waals surface area contributed by atoms with Gasteiger partial charge in [-0.25, -0.2) is 4.98 Å². The predicted molar refractivity (Wildman–Crippen MR) is 276 cm³/mol. The summed E-state index contributed by atoms with van der Waals surface area (Å²) in [7, 11) is 0. The number of hydrogen-bond donors (Lipinski definition) is 0. The second-order valence-corrected chi connectivity index (χ2v) is 22.0. The molecule has 12 aromatic rings. The first-order chi connectivity index (χ1) is 31.0. The molecule has 0 spiro atoms. The Hall–Kier alpha value is -6.67. The third kappa shape index (κ3) is 4.91. The molecular formula is C57H42BN3OS2. The maximum Gasteiger partial charge on any atom is 0.333 e. The van der Waals surface area contributed by atoms with Crippen LogP contribution in [0, 0.1) is 0 Å². The van der Waals surface area contributed by atoms with Crippen LogP contribution in [0.15, 0.2) is 150 Å². The number of anilines is 2. The van der Waals surface area contributed by atoms with Crippen LogP contribution in [0.2, 0.25) is 0 Å². The molecule has 2 aliphatic rings. The van der Waals surface area contributed by atoms with Gasteiger partial charge in [-0.2, -0.15) is 0 Å². The Morgan fingerprint density at radius 1 is 0.578 bits per heavy atom. The molecule has 0 bridgehead atoms. The molecule has 7 heteroatoms. The molecule has 4 nitrogen and oxygen atoms in total. The van der Waals surface area contributed by atoms with Gasteiger partial charge in [0.05, 0.1) is 26.6 Å². The molecule has 4 aromatic heterocycles. The zero-order chi connectivity index (χ0) is 43.0. The van der Waals surface area contributed by atoms with Crippen LogP contribution in [0.3, 0.4) is 0 Å². The van der Waals surface area contributed by atoms with E-state index in [9.17, 15) is 0 Å². The number of benzene rings is 8. The van der Waals surface area contributed by atoms with E-state index in [2.05, 4.69) is 197 Å². The average molecular weight is 860 g/mol. The number of thiazole rings is 1. The smallest absolute Gasteiger partial charge is 0.333 e. The van der Waals surface area contributed by atoms with Crippen LogP contribution in [0.1, 0.15) is 52.7 Å². The van der Waals surface area contributed by atoms with E-state index < -0.39 is 0 Å². The van der Waals surface area contributed by atoms with Crippen LogP contribution in [0.4, 0.5) is 11.4 Å². The van der Waals surface area contributed by atoms with Crippen molar-refractivity contribution < 1.29 is 4.42 Å². The molecule has 0 saturated carbocycles. The predicted octanol–water partition coefficient (Wildman–Crippen LogP) is 15.2. The summed E-state index contributed by atoms with van der Waals surface area (Å²) in [5, 5.41) is 8.37. The van der Waals surface area contributed by atoms with Crippen LogP contribution in [-0.2, 0) is 10.8 Å². The molecular weight excluding hydrogens is 818 g/mol. The lowest BCUT2D eigenvalue weighted by molar-refractivity contribution is 0.590. The van der Waals surface area contributed by atoms with Gasteiger partial charge in [-0.05, 0) is 99.1 Å². The van der Waals surface area contributed by atoms with E-state index in [1.54, 1.807) is 11.3 Å². The van der Waals surface area contributed by atoms with Crippen LogP contribution >= 0.6 is 22.7 Å². The van der Waals surface area contributed by atoms with Gasteiger partial charge in [-0.3, -0.25) is 0 Å². The van der Waals surface area contributed by atoms with Crippen molar-refractivity contribution in [3.63, 3.8) is 0 Å². The number of thiophene rings is 1. The van der Waals surface area contributed by atoms with Crippen molar-refractivity contribution in [3.05, 3.63) is 157 Å². The molecule has 306 valence electrons. The van der Waals surface area contributed by atoms with Gasteiger partial charge >= 0.3 is 6.85 Å². The lowest BCUT2D eigenvalue weighted by Gasteiger charge is -2.42. The summed E-state index contributed by atoms with van der Waals surface area (Å²) in [4.78, 5) is 8.07. The van der Waals surface area contributed by atoms with E-state index in [0.717, 1.165) is 32.6 Å². The molecule has 0 saturated heterocycles. The lowest BCUT2D eigenvalue weighted by atomic mass is 9.43. The molecule has 0 fully saturated rings. The Morgan fingerprint density at radius 3 is 2.11 bits per heavy atom. The van der Waals surface area contributed by atoms with E-state index >= 15 is 0 Å². The number of aromatic nitrogens is 2. The summed E-state index contributed by atoms with van der Waals surface area (Å²) in [6.45, 7) is 13.7. The topological polar surface area (TPSA) is 34.2 Å². The molecule has 8 aromatic carbocycles. The summed E-state index contributed by atoms with van der Waals surface area (Å²) < 4.78 is 13.6. The van der Waals surface area contributed by atoms with Gasteiger partial charge in [0.25, 0.3) is 0 Å². The van der Waals surface area contributed by atoms with Crippen molar-refractivity contribution >= 4 is 126 Å². The molecule has 0 amide bonds. The quantitative estimate of drug-likeness (QED) is 0.162. The maximum atomic E-state index is 7.22. The van der Waals surface area contributed by atoms with Gasteiger partial charge in [-0.1, -0.05) is 126 Å². The van der Waals surface area contributed by atoms with E-state index in [-0.39, 0.29) is 17.7 Å². The Bertz CT molecular complexity index is 3990. The van der Waals surface area contributed by atoms with Crippen molar-refractivity contribution in [2.24, 2.45) is 0 Å². The maximum absolute atomic E-state index is 7.22. The number of hydrogen-bond acceptors (Lipinski definition) is 5. The number of rotatable bonds is 2. The molecule has 64 heavy (non-hydrogen) atoms. The highest BCUT2D eigenvalue weighted by Gasteiger charge is 2.46. The van der Waals surface area contributed by atoms with Gasteiger partial charge in [0.15, 0.2) is 0 Å². The summed E-state index contributed by atoms with van der Waals surface area (Å²) in [5.74, 6) is 0. The Kier molecular flexibility index (Phi) is 7.20. The van der Waals surface area contributed by atoms with Gasteiger partial charge in [0.1, 0.15) is 16.2 Å². The second kappa shape index (κ2) is 12.5. The standard InChI is InChI=1S/C57H42BN3OS2/c1-56(2,3)32-20-23-34(24-21-32)61-43-27-37-35-16-11-13-19-46(35)63-47(37)28-39(43)49-50-36-17-10-12-18-45(36)62-54(50)51-38-26-33(57(4,5)6)22-25-42(38)60-44-30-48-41(29-40(44)58(61)52(49)53(51)60)59-55(64-48)31-14-8-7-9-15-31/h7-30H,1-6H3. The highest BCUT2D eigenvalue weighted by atomic mass is 32.1. The largest absolute Gasteiger partial charge is 0.455 e. The van der Waals surface area contributed by atoms with Crippen LogP contribution in [-0.4, -0.2) is 16.4 Å². The van der Waals surface area contributed by atoms with Crippen molar-refractivity contribution in [3.8, 4) is 27.4 Å². The van der Waals surface area contributed by atoms with E-state index in [0.29, 0.717) is 0 Å². The van der Waals surface area contributed by atoms with Crippen molar-refractivity contribution in [2.45, 2.75) is 52.4 Å². The zero-order valence-electron chi connectivity index (χ0n) is 36.5. The molecule has 6 heterocycles. The van der Waals surface area contributed by atoms with Gasteiger partial charge in [0.2, 0.25) is 0 Å². The van der Waals surface area contributed by atoms with E-state index in [4.69, 9.17) is 9.40 Å². The van der Waals surface area contributed by atoms with Gasteiger partial charge in [-0.15, -0.1) is 22.7 Å². The zero-order valence-corrected chi connectivity index (χ0v) is 38.1. The highest BCUT2D eigenvalue weighted by molar-refractivity contribution is 7.26. The fourth-order valence-corrected chi connectivity index (χ4v) is 13.1. The first kappa shape index (κ1) is 36.8. The van der Waals surface area contributed by atoms with Crippen molar-refractivity contribution in [1.82, 2.24) is 9.55 Å². The van der Waals surface area contributed by atoms with E-state index in [1.165, 1.54) is 102 Å². The first-order valence-corrected chi connectivity index (χ1v) is 23.9. The Labute approximate surface area is 379 Å². The minimum Gasteiger partial charge on any atom is -0.455 e. The molecule has 0 N–H and O–H groups in total. The fraction of sp³-hybridized carbons (Fsp3) is 0.140. The number of nitrogens with zero attached hydrogens (tertiary/aromatic N) is 3. The molecule has 0 radical (unpaired) electrons. The van der Waals surface area contributed by atoms with Gasteiger partial charge in [0, 0.05) is 64.5 Å². The minimum absolute atomic E-state index is 0.0176. The molecule has 0 aliphatic carbocycles. The number of para-hydroxylation sites is 1. The van der Waals surface area contributed by atoms with Gasteiger partial charge < -0.3 is 13.8 Å². The summed E-state index contributed by atoms with van der Waals surface area (Å²) in [6.07, 6.45) is 0. The second-order valence-electron chi connectivity index (χ2n) is 19.9. The highest BCUT2D eigenvalue weighted by Crippen LogP contribution is 2.53. The Balaban J connectivity index is 1.21. The van der Waals surface area contributed by atoms with E-state index in [1.807, 2.05) is 11.3 Å². The first-order valence-electron chi connectivity index (χ1n) is 22.3. The van der Waals surface area contributed by atoms with Crippen LogP contribution in [0.25, 0.3) is 102 Å². The van der Waals surface area contributed by atoms with Crippen molar-refractivity contribution in [1.29, 1.82) is 0 Å². The summed E-state index contributed by atoms with van der Waals surface area (Å²) in [5.41, 5.74) is 17.7. The monoisotopic (exact) mass is 859 g/mol. The molecule has 2 aliphatic heterocycles. The molecule has 0 atom stereocenters.